The van der Waals surface area contributed by atoms with Gasteiger partial charge in [-0.15, -0.1) is 4.31 Å². The molecule has 30 heavy (non-hydrogen) atoms. The number of carboxylic acids is 1. The number of rotatable bonds is 4. The molecule has 0 spiro atoms. The first-order chi connectivity index (χ1) is 14.1. The standard InChI is InChI=1S/C23H27N3O3S/c1-23(2,3)30(29)26-14-18-13-20(22(27)28)24-21(19(18)15-26)17-10-6-8-16(12-17)9-7-11-25(4)5/h6,8,10,12-13H,11,14-15H2,1-5H3,(H,27,28). The maximum absolute atomic E-state index is 12.9. The van der Waals surface area contributed by atoms with Gasteiger partial charge in [-0.05, 0) is 58.6 Å². The van der Waals surface area contributed by atoms with E-state index in [1.54, 1.807) is 6.07 Å². The van der Waals surface area contributed by atoms with Crippen molar-refractivity contribution in [2.24, 2.45) is 0 Å². The normalized spacial score (nSPS) is 14.9. The van der Waals surface area contributed by atoms with Gasteiger partial charge >= 0.3 is 5.97 Å². The van der Waals surface area contributed by atoms with Crippen molar-refractivity contribution in [1.29, 1.82) is 0 Å². The van der Waals surface area contributed by atoms with Gasteiger partial charge in [-0.3, -0.25) is 4.90 Å². The number of nitrogens with zero attached hydrogens (tertiary/aromatic N) is 3. The average molecular weight is 426 g/mol. The summed E-state index contributed by atoms with van der Waals surface area (Å²) in [6, 6.07) is 9.27. The summed E-state index contributed by atoms with van der Waals surface area (Å²) in [5.41, 5.74) is 4.06. The smallest absolute Gasteiger partial charge is 0.354 e. The largest absolute Gasteiger partial charge is 0.597 e. The van der Waals surface area contributed by atoms with Gasteiger partial charge in [0.1, 0.15) is 10.4 Å². The van der Waals surface area contributed by atoms with Crippen molar-refractivity contribution < 1.29 is 14.5 Å². The Bertz CT molecular complexity index is 1020. The zero-order valence-electron chi connectivity index (χ0n) is 18.0. The van der Waals surface area contributed by atoms with Crippen molar-refractivity contribution in [3.8, 4) is 23.1 Å². The third-order valence-electron chi connectivity index (χ3n) is 4.64. The summed E-state index contributed by atoms with van der Waals surface area (Å²) < 4.78 is 14.4. The van der Waals surface area contributed by atoms with Crippen LogP contribution in [0.3, 0.4) is 0 Å². The predicted octanol–water partition coefficient (Wildman–Crippen LogP) is 3.14. The molecule has 6 nitrogen and oxygen atoms in total. The minimum absolute atomic E-state index is 0.00349. The molecule has 0 saturated heterocycles. The van der Waals surface area contributed by atoms with Gasteiger partial charge in [0.05, 0.1) is 25.3 Å². The SMILES string of the molecule is CN(C)CC#Cc1cccc(-c2nc(C(=O)O)cc3c2CN([S+]([O-])C(C)(C)C)C3)c1. The monoisotopic (exact) mass is 425 g/mol. The summed E-state index contributed by atoms with van der Waals surface area (Å²) in [5.74, 6) is 5.18. The van der Waals surface area contributed by atoms with Crippen LogP contribution in [0.15, 0.2) is 30.3 Å². The Labute approximate surface area is 181 Å². The molecule has 1 aromatic heterocycles. The fourth-order valence-electron chi connectivity index (χ4n) is 3.26. The Kier molecular flexibility index (Phi) is 6.53. The number of hydrogen-bond donors (Lipinski definition) is 1. The summed E-state index contributed by atoms with van der Waals surface area (Å²) in [5, 5.41) is 9.55. The van der Waals surface area contributed by atoms with Crippen LogP contribution in [0.2, 0.25) is 0 Å². The third kappa shape index (κ3) is 5.02. The van der Waals surface area contributed by atoms with Crippen LogP contribution >= 0.6 is 0 Å². The molecule has 0 saturated carbocycles. The highest BCUT2D eigenvalue weighted by Crippen LogP contribution is 2.36. The fraction of sp³-hybridized carbons (Fsp3) is 0.391. The number of carbonyl (C=O) groups is 1. The van der Waals surface area contributed by atoms with Crippen molar-refractivity contribution in [3.05, 3.63) is 52.7 Å². The van der Waals surface area contributed by atoms with Crippen LogP contribution in [0, 0.1) is 11.8 Å². The molecule has 2 aromatic rings. The van der Waals surface area contributed by atoms with Crippen LogP contribution in [0.4, 0.5) is 0 Å². The lowest BCUT2D eigenvalue weighted by atomic mass is 10.0. The van der Waals surface area contributed by atoms with E-state index in [-0.39, 0.29) is 5.69 Å². The van der Waals surface area contributed by atoms with Gasteiger partial charge in [-0.2, -0.15) is 0 Å². The molecule has 1 aromatic carbocycles. The summed E-state index contributed by atoms with van der Waals surface area (Å²) in [6.07, 6.45) is 0. The van der Waals surface area contributed by atoms with Crippen LogP contribution in [-0.4, -0.2) is 55.2 Å². The topological polar surface area (TPSA) is 79.7 Å². The van der Waals surface area contributed by atoms with E-state index in [9.17, 15) is 14.5 Å². The van der Waals surface area contributed by atoms with Crippen LogP contribution in [0.1, 0.15) is 48.0 Å². The Morgan fingerprint density at radius 3 is 2.67 bits per heavy atom. The van der Waals surface area contributed by atoms with Crippen LogP contribution in [0.25, 0.3) is 11.3 Å². The molecule has 1 aliphatic heterocycles. The molecule has 1 aliphatic rings. The fourth-order valence-corrected chi connectivity index (χ4v) is 4.54. The molecule has 1 N–H and O–H groups in total. The molecule has 0 aliphatic carbocycles. The Balaban J connectivity index is 2.03. The van der Waals surface area contributed by atoms with E-state index in [4.69, 9.17) is 0 Å². The van der Waals surface area contributed by atoms with E-state index in [2.05, 4.69) is 16.8 Å². The molecular weight excluding hydrogens is 398 g/mol. The molecule has 2 heterocycles. The van der Waals surface area contributed by atoms with Crippen molar-refractivity contribution in [1.82, 2.24) is 14.2 Å². The lowest BCUT2D eigenvalue weighted by Gasteiger charge is -2.29. The van der Waals surface area contributed by atoms with Crippen molar-refractivity contribution in [2.45, 2.75) is 38.6 Å². The zero-order valence-corrected chi connectivity index (χ0v) is 18.8. The van der Waals surface area contributed by atoms with Gasteiger partial charge in [0, 0.05) is 28.1 Å². The second-order valence-electron chi connectivity index (χ2n) is 8.58. The number of hydrogen-bond acceptors (Lipinski definition) is 5. The van der Waals surface area contributed by atoms with Gasteiger partial charge in [-0.1, -0.05) is 24.0 Å². The third-order valence-corrected chi connectivity index (χ3v) is 6.41. The first kappa shape index (κ1) is 22.3. The summed E-state index contributed by atoms with van der Waals surface area (Å²) >= 11 is -1.20. The van der Waals surface area contributed by atoms with E-state index >= 15 is 0 Å². The molecule has 0 bridgehead atoms. The maximum Gasteiger partial charge on any atom is 0.354 e. The van der Waals surface area contributed by atoms with Crippen molar-refractivity contribution in [2.75, 3.05) is 20.6 Å². The van der Waals surface area contributed by atoms with E-state index in [0.717, 1.165) is 22.3 Å². The van der Waals surface area contributed by atoms with Gasteiger partial charge in [0.15, 0.2) is 0 Å². The molecule has 0 radical (unpaired) electrons. The summed E-state index contributed by atoms with van der Waals surface area (Å²) in [6.45, 7) is 7.37. The molecule has 0 amide bonds. The number of fused-ring (bicyclic) bond motifs is 1. The van der Waals surface area contributed by atoms with Crippen molar-refractivity contribution >= 4 is 17.3 Å². The Morgan fingerprint density at radius 2 is 2.03 bits per heavy atom. The summed E-state index contributed by atoms with van der Waals surface area (Å²) in [4.78, 5) is 18.1. The molecule has 158 valence electrons. The van der Waals surface area contributed by atoms with Crippen molar-refractivity contribution in [3.63, 3.8) is 0 Å². The second kappa shape index (κ2) is 8.78. The first-order valence-corrected chi connectivity index (χ1v) is 10.8. The van der Waals surface area contributed by atoms with Crippen LogP contribution in [-0.2, 0) is 24.5 Å². The van der Waals surface area contributed by atoms with Crippen LogP contribution < -0.4 is 0 Å². The number of aromatic nitrogens is 1. The lowest BCUT2D eigenvalue weighted by molar-refractivity contribution is 0.0690. The highest BCUT2D eigenvalue weighted by molar-refractivity contribution is 7.90. The van der Waals surface area contributed by atoms with Gasteiger partial charge in [0.2, 0.25) is 0 Å². The molecule has 1 unspecified atom stereocenters. The molecule has 7 heteroatoms. The van der Waals surface area contributed by atoms with Crippen LogP contribution in [0.5, 0.6) is 0 Å². The highest BCUT2D eigenvalue weighted by Gasteiger charge is 2.38. The van der Waals surface area contributed by atoms with Gasteiger partial charge < -0.3 is 9.66 Å². The minimum Gasteiger partial charge on any atom is -0.597 e. The predicted molar refractivity (Wildman–Crippen MR) is 119 cm³/mol. The second-order valence-corrected chi connectivity index (χ2v) is 10.8. The van der Waals surface area contributed by atoms with E-state index in [1.165, 1.54) is 0 Å². The lowest BCUT2D eigenvalue weighted by Crippen LogP contribution is -2.40. The van der Waals surface area contributed by atoms with E-state index < -0.39 is 22.1 Å². The van der Waals surface area contributed by atoms with E-state index in [0.29, 0.717) is 25.3 Å². The minimum atomic E-state index is -1.20. The molecular formula is C23H27N3O3S. The van der Waals surface area contributed by atoms with E-state index in [1.807, 2.05) is 68.3 Å². The summed E-state index contributed by atoms with van der Waals surface area (Å²) in [7, 11) is 3.92. The van der Waals surface area contributed by atoms with Gasteiger partial charge in [-0.25, -0.2) is 9.78 Å². The number of pyridine rings is 1. The zero-order chi connectivity index (χ0) is 22.1. The Hall–Kier alpha value is -2.37. The molecule has 3 rings (SSSR count). The Morgan fingerprint density at radius 1 is 1.30 bits per heavy atom. The number of carboxylic acid groups (broad SMARTS) is 1. The van der Waals surface area contributed by atoms with Gasteiger partial charge in [0.25, 0.3) is 0 Å². The molecule has 1 atom stereocenters. The molecule has 0 fully saturated rings. The maximum atomic E-state index is 12.9. The average Bonchev–Trinajstić information content (AvgIpc) is 3.09. The number of benzene rings is 1. The number of aromatic carboxylic acids is 1. The quantitative estimate of drug-likeness (QED) is 0.599. The highest BCUT2D eigenvalue weighted by atomic mass is 32.2. The first-order valence-electron chi connectivity index (χ1n) is 9.73.